The van der Waals surface area contributed by atoms with Crippen molar-refractivity contribution in [3.63, 3.8) is 0 Å². The van der Waals surface area contributed by atoms with Crippen molar-refractivity contribution < 1.29 is 17.9 Å². The summed E-state index contributed by atoms with van der Waals surface area (Å²) in [7, 11) is -2.67. The van der Waals surface area contributed by atoms with Crippen molar-refractivity contribution in [2.75, 3.05) is 18.0 Å². The highest BCUT2D eigenvalue weighted by Gasteiger charge is 2.28. The molecule has 0 spiro atoms. The number of rotatable bonds is 5. The molecule has 128 valence electrons. The first-order valence-electron chi connectivity index (χ1n) is 7.18. The molecule has 0 N–H and O–H groups in total. The summed E-state index contributed by atoms with van der Waals surface area (Å²) in [6, 6.07) is 11.7. The summed E-state index contributed by atoms with van der Waals surface area (Å²) in [5.74, 6) is -0.628. The first-order chi connectivity index (χ1) is 11.3. The highest BCUT2D eigenvalue weighted by Crippen LogP contribution is 2.28. The molecular weight excluding hydrogens is 394 g/mol. The maximum absolute atomic E-state index is 13.1. The number of esters is 1. The molecule has 0 saturated heterocycles. The molecule has 0 fully saturated rings. The zero-order valence-corrected chi connectivity index (χ0v) is 16.0. The van der Waals surface area contributed by atoms with Crippen molar-refractivity contribution in [2.45, 2.75) is 18.7 Å². The highest BCUT2D eigenvalue weighted by molar-refractivity contribution is 9.10. The molecule has 5 nitrogen and oxygen atoms in total. The lowest BCUT2D eigenvalue weighted by Gasteiger charge is -2.25. The van der Waals surface area contributed by atoms with E-state index >= 15 is 0 Å². The number of methoxy groups -OCH3 is 1. The van der Waals surface area contributed by atoms with Crippen molar-refractivity contribution >= 4 is 37.6 Å². The average Bonchev–Trinajstić information content (AvgIpc) is 2.55. The van der Waals surface area contributed by atoms with E-state index in [0.29, 0.717) is 5.69 Å². The molecule has 0 bridgehead atoms. The van der Waals surface area contributed by atoms with Gasteiger partial charge in [0.1, 0.15) is 6.54 Å². The third kappa shape index (κ3) is 3.96. The summed E-state index contributed by atoms with van der Waals surface area (Å²) in [5.41, 5.74) is 2.12. The molecular formula is C17H18BrNO4S. The molecule has 2 aromatic carbocycles. The minimum absolute atomic E-state index is 0.107. The Bertz CT molecular complexity index is 847. The number of hydrogen-bond acceptors (Lipinski definition) is 4. The first kappa shape index (κ1) is 18.5. The van der Waals surface area contributed by atoms with Crippen LogP contribution in [0.5, 0.6) is 0 Å². The number of hydrogen-bond donors (Lipinski definition) is 0. The fourth-order valence-corrected chi connectivity index (χ4v) is 3.93. The van der Waals surface area contributed by atoms with Crippen LogP contribution in [0.1, 0.15) is 11.1 Å². The standard InChI is InChI=1S/C17H18BrNO4S/c1-12-4-5-13(2)16(10-12)19(11-17(20)23-3)24(21,22)15-8-6-14(18)7-9-15/h4-10H,11H2,1-3H3. The van der Waals surface area contributed by atoms with Gasteiger partial charge in [0.15, 0.2) is 0 Å². The molecule has 0 heterocycles. The number of aryl methyl sites for hydroxylation is 2. The maximum Gasteiger partial charge on any atom is 0.326 e. The van der Waals surface area contributed by atoms with E-state index in [-0.39, 0.29) is 11.4 Å². The van der Waals surface area contributed by atoms with Crippen LogP contribution in [-0.4, -0.2) is 28.0 Å². The molecule has 0 aliphatic carbocycles. The molecule has 7 heteroatoms. The Kier molecular flexibility index (Phi) is 5.66. The number of carbonyl (C=O) groups excluding carboxylic acids is 1. The third-order valence-corrected chi connectivity index (χ3v) is 5.84. The van der Waals surface area contributed by atoms with E-state index in [4.69, 9.17) is 0 Å². The van der Waals surface area contributed by atoms with E-state index < -0.39 is 16.0 Å². The number of halogens is 1. The van der Waals surface area contributed by atoms with Crippen LogP contribution in [0, 0.1) is 13.8 Å². The number of carbonyl (C=O) groups is 1. The maximum atomic E-state index is 13.1. The van der Waals surface area contributed by atoms with Gasteiger partial charge in [0.05, 0.1) is 17.7 Å². The Morgan fingerprint density at radius 2 is 1.75 bits per heavy atom. The Hall–Kier alpha value is -1.86. The minimum atomic E-state index is -3.90. The normalized spacial score (nSPS) is 11.2. The fraction of sp³-hybridized carbons (Fsp3) is 0.235. The Morgan fingerprint density at radius 1 is 1.12 bits per heavy atom. The van der Waals surface area contributed by atoms with E-state index in [1.807, 2.05) is 19.1 Å². The van der Waals surface area contributed by atoms with Gasteiger partial charge in [-0.15, -0.1) is 0 Å². The van der Waals surface area contributed by atoms with Crippen LogP contribution in [-0.2, 0) is 19.6 Å². The van der Waals surface area contributed by atoms with Crippen LogP contribution in [0.2, 0.25) is 0 Å². The lowest BCUT2D eigenvalue weighted by Crippen LogP contribution is -2.36. The number of sulfonamides is 1. The summed E-state index contributed by atoms with van der Waals surface area (Å²) in [6.07, 6.45) is 0. The van der Waals surface area contributed by atoms with Crippen LogP contribution in [0.15, 0.2) is 51.8 Å². The van der Waals surface area contributed by atoms with Gasteiger partial charge in [0, 0.05) is 4.47 Å². The zero-order valence-electron chi connectivity index (χ0n) is 13.6. The largest absolute Gasteiger partial charge is 0.468 e. The van der Waals surface area contributed by atoms with E-state index in [1.54, 1.807) is 25.1 Å². The average molecular weight is 412 g/mol. The molecule has 2 aromatic rings. The Balaban J connectivity index is 2.59. The minimum Gasteiger partial charge on any atom is -0.468 e. The Morgan fingerprint density at radius 3 is 2.33 bits per heavy atom. The molecule has 0 aliphatic heterocycles. The van der Waals surface area contributed by atoms with E-state index in [2.05, 4.69) is 20.7 Å². The van der Waals surface area contributed by atoms with Gasteiger partial charge >= 0.3 is 5.97 Å². The van der Waals surface area contributed by atoms with Gasteiger partial charge in [-0.25, -0.2) is 8.42 Å². The molecule has 0 aliphatic rings. The molecule has 0 unspecified atom stereocenters. The van der Waals surface area contributed by atoms with Gasteiger partial charge in [0.25, 0.3) is 10.0 Å². The zero-order chi connectivity index (χ0) is 17.9. The molecule has 0 amide bonds. The summed E-state index contributed by atoms with van der Waals surface area (Å²) in [6.45, 7) is 3.28. The number of anilines is 1. The predicted octanol–water partition coefficient (Wildman–Crippen LogP) is 3.43. The van der Waals surface area contributed by atoms with Crippen LogP contribution in [0.4, 0.5) is 5.69 Å². The van der Waals surface area contributed by atoms with Gasteiger partial charge in [-0.3, -0.25) is 9.10 Å². The number of nitrogens with zero attached hydrogens (tertiary/aromatic N) is 1. The fourth-order valence-electron chi connectivity index (χ4n) is 2.20. The topological polar surface area (TPSA) is 63.7 Å². The van der Waals surface area contributed by atoms with Gasteiger partial charge in [-0.1, -0.05) is 28.1 Å². The van der Waals surface area contributed by atoms with Gasteiger partial charge < -0.3 is 4.74 Å². The smallest absolute Gasteiger partial charge is 0.326 e. The second-order valence-corrected chi connectivity index (χ2v) is 8.11. The first-order valence-corrected chi connectivity index (χ1v) is 9.41. The van der Waals surface area contributed by atoms with Crippen LogP contribution >= 0.6 is 15.9 Å². The monoisotopic (exact) mass is 411 g/mol. The van der Waals surface area contributed by atoms with Crippen LogP contribution < -0.4 is 4.31 Å². The van der Waals surface area contributed by atoms with Crippen molar-refractivity contribution in [2.24, 2.45) is 0 Å². The van der Waals surface area contributed by atoms with Gasteiger partial charge in [0.2, 0.25) is 0 Å². The van der Waals surface area contributed by atoms with Crippen molar-refractivity contribution in [1.82, 2.24) is 0 Å². The summed E-state index contributed by atoms with van der Waals surface area (Å²) >= 11 is 3.28. The van der Waals surface area contributed by atoms with Gasteiger partial charge in [-0.05, 0) is 55.3 Å². The predicted molar refractivity (Wildman–Crippen MR) is 96.6 cm³/mol. The SMILES string of the molecule is COC(=O)CN(c1cc(C)ccc1C)S(=O)(=O)c1ccc(Br)cc1. The molecule has 0 aromatic heterocycles. The van der Waals surface area contributed by atoms with Crippen LogP contribution in [0.25, 0.3) is 0 Å². The molecule has 0 radical (unpaired) electrons. The lowest BCUT2D eigenvalue weighted by atomic mass is 10.1. The molecule has 24 heavy (non-hydrogen) atoms. The highest BCUT2D eigenvalue weighted by atomic mass is 79.9. The summed E-state index contributed by atoms with van der Waals surface area (Å²) in [5, 5.41) is 0. The summed E-state index contributed by atoms with van der Waals surface area (Å²) in [4.78, 5) is 11.9. The van der Waals surface area contributed by atoms with Crippen molar-refractivity contribution in [3.8, 4) is 0 Å². The lowest BCUT2D eigenvalue weighted by molar-refractivity contribution is -0.138. The van der Waals surface area contributed by atoms with E-state index in [9.17, 15) is 13.2 Å². The third-order valence-electron chi connectivity index (χ3n) is 3.54. The summed E-state index contributed by atoms with van der Waals surface area (Å²) < 4.78 is 32.7. The molecule has 0 saturated carbocycles. The number of ether oxygens (including phenoxy) is 1. The second kappa shape index (κ2) is 7.36. The van der Waals surface area contributed by atoms with Crippen LogP contribution in [0.3, 0.4) is 0 Å². The van der Waals surface area contributed by atoms with E-state index in [0.717, 1.165) is 19.9 Å². The van der Waals surface area contributed by atoms with Gasteiger partial charge in [-0.2, -0.15) is 0 Å². The van der Waals surface area contributed by atoms with Crippen molar-refractivity contribution in [3.05, 3.63) is 58.1 Å². The second-order valence-electron chi connectivity index (χ2n) is 5.33. The molecule has 2 rings (SSSR count). The quantitative estimate of drug-likeness (QED) is 0.706. The Labute approximate surface area is 150 Å². The van der Waals surface area contributed by atoms with E-state index in [1.165, 1.54) is 19.2 Å². The van der Waals surface area contributed by atoms with Crippen molar-refractivity contribution in [1.29, 1.82) is 0 Å². The number of benzene rings is 2. The molecule has 0 atom stereocenters.